The number of rotatable bonds is 2. The predicted molar refractivity (Wildman–Crippen MR) is 84.8 cm³/mol. The van der Waals surface area contributed by atoms with Crippen molar-refractivity contribution in [2.45, 2.75) is 12.5 Å². The molecule has 0 amide bonds. The summed E-state index contributed by atoms with van der Waals surface area (Å²) < 4.78 is 7.81. The van der Waals surface area contributed by atoms with Gasteiger partial charge in [0.25, 0.3) is 0 Å². The lowest BCUT2D eigenvalue weighted by Gasteiger charge is -2.28. The third-order valence-electron chi connectivity index (χ3n) is 3.24. The van der Waals surface area contributed by atoms with Crippen LogP contribution in [0, 0.1) is 0 Å². The van der Waals surface area contributed by atoms with Crippen molar-refractivity contribution in [3.63, 3.8) is 0 Å². The summed E-state index contributed by atoms with van der Waals surface area (Å²) in [5.41, 5.74) is 2.31. The molecule has 0 saturated carbocycles. The molecule has 0 fully saturated rings. The largest absolute Gasteiger partial charge is 0.493 e. The molecule has 0 aliphatic carbocycles. The Balaban J connectivity index is 1.93. The van der Waals surface area contributed by atoms with Gasteiger partial charge in [0.15, 0.2) is 0 Å². The van der Waals surface area contributed by atoms with E-state index in [4.69, 9.17) is 4.74 Å². The lowest BCUT2D eigenvalue weighted by atomic mass is 10.0. The standard InChI is InChI=1S/C15H13Br2NO/c16-11-5-3-6-12(17)15(11)18-13-8-9-19-14-7-2-1-4-10(13)14/h1-7,13,18H,8-9H2. The molecule has 0 bridgehead atoms. The van der Waals surface area contributed by atoms with Crippen LogP contribution in [0.5, 0.6) is 5.75 Å². The van der Waals surface area contributed by atoms with Gasteiger partial charge >= 0.3 is 0 Å². The number of benzene rings is 2. The van der Waals surface area contributed by atoms with E-state index >= 15 is 0 Å². The fourth-order valence-electron chi connectivity index (χ4n) is 2.30. The van der Waals surface area contributed by atoms with Crippen molar-refractivity contribution in [1.82, 2.24) is 0 Å². The zero-order valence-electron chi connectivity index (χ0n) is 10.2. The van der Waals surface area contributed by atoms with Gasteiger partial charge < -0.3 is 10.1 Å². The number of halogens is 2. The first-order valence-electron chi connectivity index (χ1n) is 6.18. The van der Waals surface area contributed by atoms with Gasteiger partial charge in [0.1, 0.15) is 5.75 Å². The number of fused-ring (bicyclic) bond motifs is 1. The summed E-state index contributed by atoms with van der Waals surface area (Å²) in [6.45, 7) is 0.747. The minimum absolute atomic E-state index is 0.278. The van der Waals surface area contributed by atoms with Gasteiger partial charge in [-0.1, -0.05) is 24.3 Å². The molecule has 1 aliphatic heterocycles. The van der Waals surface area contributed by atoms with Crippen molar-refractivity contribution >= 4 is 37.5 Å². The summed E-state index contributed by atoms with van der Waals surface area (Å²) in [7, 11) is 0. The Bertz CT molecular complexity index is 580. The Morgan fingerprint density at radius 2 is 1.74 bits per heavy atom. The minimum atomic E-state index is 0.278. The van der Waals surface area contributed by atoms with Gasteiger partial charge in [0, 0.05) is 20.9 Å². The number of hydrogen-bond donors (Lipinski definition) is 1. The topological polar surface area (TPSA) is 21.3 Å². The van der Waals surface area contributed by atoms with Gasteiger partial charge in [-0.05, 0) is 50.1 Å². The molecule has 0 spiro atoms. The van der Waals surface area contributed by atoms with Gasteiger partial charge in [0.05, 0.1) is 18.3 Å². The van der Waals surface area contributed by atoms with E-state index in [1.54, 1.807) is 0 Å². The molecule has 1 N–H and O–H groups in total. The summed E-state index contributed by atoms with van der Waals surface area (Å²) in [5.74, 6) is 0.981. The van der Waals surface area contributed by atoms with Crippen molar-refractivity contribution in [3.05, 3.63) is 57.0 Å². The summed E-state index contributed by atoms with van der Waals surface area (Å²) in [6.07, 6.45) is 0.963. The quantitative estimate of drug-likeness (QED) is 0.775. The monoisotopic (exact) mass is 381 g/mol. The third kappa shape index (κ3) is 2.65. The Hall–Kier alpha value is -1.00. The van der Waals surface area contributed by atoms with Crippen LogP contribution in [0.25, 0.3) is 0 Å². The Kier molecular flexibility index (Phi) is 3.80. The Morgan fingerprint density at radius 1 is 1.00 bits per heavy atom. The zero-order chi connectivity index (χ0) is 13.2. The van der Waals surface area contributed by atoms with E-state index in [2.05, 4.69) is 49.3 Å². The smallest absolute Gasteiger partial charge is 0.124 e. The summed E-state index contributed by atoms with van der Waals surface area (Å²) in [6, 6.07) is 14.6. The van der Waals surface area contributed by atoms with Crippen LogP contribution in [-0.4, -0.2) is 6.61 Å². The molecular weight excluding hydrogens is 370 g/mol. The highest BCUT2D eigenvalue weighted by Gasteiger charge is 2.22. The van der Waals surface area contributed by atoms with E-state index in [1.165, 1.54) is 5.56 Å². The van der Waals surface area contributed by atoms with E-state index in [-0.39, 0.29) is 6.04 Å². The fourth-order valence-corrected chi connectivity index (χ4v) is 3.53. The van der Waals surface area contributed by atoms with Crippen LogP contribution in [0.15, 0.2) is 51.4 Å². The minimum Gasteiger partial charge on any atom is -0.493 e. The van der Waals surface area contributed by atoms with Crippen molar-refractivity contribution in [1.29, 1.82) is 0 Å². The molecule has 0 aromatic heterocycles. The molecule has 1 aliphatic rings. The van der Waals surface area contributed by atoms with Crippen molar-refractivity contribution in [2.24, 2.45) is 0 Å². The zero-order valence-corrected chi connectivity index (χ0v) is 13.4. The maximum absolute atomic E-state index is 5.69. The number of ether oxygens (including phenoxy) is 1. The summed E-state index contributed by atoms with van der Waals surface area (Å²) in [5, 5.41) is 3.60. The number of hydrogen-bond acceptors (Lipinski definition) is 2. The maximum atomic E-state index is 5.69. The van der Waals surface area contributed by atoms with Gasteiger partial charge in [0.2, 0.25) is 0 Å². The molecule has 0 saturated heterocycles. The second-order valence-corrected chi connectivity index (χ2v) is 6.18. The molecule has 2 nitrogen and oxygen atoms in total. The Labute approximate surface area is 129 Å². The first-order valence-corrected chi connectivity index (χ1v) is 7.76. The van der Waals surface area contributed by atoms with Crippen LogP contribution in [0.1, 0.15) is 18.0 Å². The third-order valence-corrected chi connectivity index (χ3v) is 4.56. The SMILES string of the molecule is Brc1cccc(Br)c1NC1CCOc2ccccc21. The molecule has 0 radical (unpaired) electrons. The van der Waals surface area contributed by atoms with Gasteiger partial charge in [-0.15, -0.1) is 0 Å². The molecule has 1 unspecified atom stereocenters. The van der Waals surface area contributed by atoms with Crippen LogP contribution in [-0.2, 0) is 0 Å². The normalized spacial score (nSPS) is 17.5. The van der Waals surface area contributed by atoms with E-state index in [9.17, 15) is 0 Å². The molecular formula is C15H13Br2NO. The second-order valence-electron chi connectivity index (χ2n) is 4.47. The second kappa shape index (κ2) is 5.55. The number of anilines is 1. The maximum Gasteiger partial charge on any atom is 0.124 e. The van der Waals surface area contributed by atoms with Crippen molar-refractivity contribution in [3.8, 4) is 5.75 Å². The van der Waals surface area contributed by atoms with Crippen LogP contribution in [0.2, 0.25) is 0 Å². The van der Waals surface area contributed by atoms with Crippen molar-refractivity contribution < 1.29 is 4.74 Å². The van der Waals surface area contributed by atoms with Gasteiger partial charge in [-0.3, -0.25) is 0 Å². The average molecular weight is 383 g/mol. The molecule has 1 atom stereocenters. The van der Waals surface area contributed by atoms with Gasteiger partial charge in [-0.25, -0.2) is 0 Å². The van der Waals surface area contributed by atoms with Gasteiger partial charge in [-0.2, -0.15) is 0 Å². The van der Waals surface area contributed by atoms with Crippen LogP contribution >= 0.6 is 31.9 Å². The molecule has 19 heavy (non-hydrogen) atoms. The molecule has 3 rings (SSSR count). The highest BCUT2D eigenvalue weighted by Crippen LogP contribution is 2.38. The number of para-hydroxylation sites is 2. The highest BCUT2D eigenvalue weighted by atomic mass is 79.9. The van der Waals surface area contributed by atoms with E-state index in [0.717, 1.165) is 33.4 Å². The van der Waals surface area contributed by atoms with Crippen LogP contribution in [0.4, 0.5) is 5.69 Å². The molecule has 2 aromatic rings. The Morgan fingerprint density at radius 3 is 2.53 bits per heavy atom. The van der Waals surface area contributed by atoms with E-state index in [1.807, 2.05) is 30.3 Å². The predicted octanol–water partition coefficient (Wildman–Crippen LogP) is 5.15. The lowest BCUT2D eigenvalue weighted by Crippen LogP contribution is -2.20. The first-order chi connectivity index (χ1) is 9.25. The summed E-state index contributed by atoms with van der Waals surface area (Å²) >= 11 is 7.18. The summed E-state index contributed by atoms with van der Waals surface area (Å²) in [4.78, 5) is 0. The van der Waals surface area contributed by atoms with Crippen LogP contribution in [0.3, 0.4) is 0 Å². The highest BCUT2D eigenvalue weighted by molar-refractivity contribution is 9.11. The van der Waals surface area contributed by atoms with E-state index in [0.29, 0.717) is 0 Å². The van der Waals surface area contributed by atoms with Crippen LogP contribution < -0.4 is 10.1 Å². The van der Waals surface area contributed by atoms with E-state index < -0.39 is 0 Å². The molecule has 1 heterocycles. The van der Waals surface area contributed by atoms with Crippen molar-refractivity contribution in [2.75, 3.05) is 11.9 Å². The lowest BCUT2D eigenvalue weighted by molar-refractivity contribution is 0.274. The average Bonchev–Trinajstić information content (AvgIpc) is 2.43. The number of nitrogens with one attached hydrogen (secondary N) is 1. The molecule has 4 heteroatoms. The molecule has 2 aromatic carbocycles. The molecule has 98 valence electrons. The first kappa shape index (κ1) is 13.0. The fraction of sp³-hybridized carbons (Fsp3) is 0.200.